The minimum Gasteiger partial charge on any atom is -0.486 e. The highest BCUT2D eigenvalue weighted by Gasteiger charge is 2.14. The number of nitrogens with zero attached hydrogens (tertiary/aromatic N) is 3. The van der Waals surface area contributed by atoms with E-state index in [-0.39, 0.29) is 5.69 Å². The molecule has 6 heteroatoms. The SMILES string of the molecule is N#Cc1nnc2ccccc2c1Nc1ccc2c(c1)OCCO2. The zero-order valence-electron chi connectivity index (χ0n) is 12.1. The number of rotatable bonds is 2. The van der Waals surface area contributed by atoms with Gasteiger partial charge in [0.1, 0.15) is 19.3 Å². The van der Waals surface area contributed by atoms with Crippen LogP contribution < -0.4 is 14.8 Å². The van der Waals surface area contributed by atoms with Crippen LogP contribution in [0.3, 0.4) is 0 Å². The van der Waals surface area contributed by atoms with Crippen molar-refractivity contribution in [1.29, 1.82) is 5.26 Å². The van der Waals surface area contributed by atoms with E-state index in [2.05, 4.69) is 21.6 Å². The van der Waals surface area contributed by atoms with Crippen molar-refractivity contribution in [2.75, 3.05) is 18.5 Å². The van der Waals surface area contributed by atoms with Crippen LogP contribution in [0.5, 0.6) is 11.5 Å². The van der Waals surface area contributed by atoms with Gasteiger partial charge in [-0.1, -0.05) is 18.2 Å². The molecule has 0 aliphatic carbocycles. The Balaban J connectivity index is 1.79. The van der Waals surface area contributed by atoms with E-state index in [0.29, 0.717) is 24.7 Å². The molecule has 3 aromatic rings. The quantitative estimate of drug-likeness (QED) is 0.784. The van der Waals surface area contributed by atoms with Crippen LogP contribution >= 0.6 is 0 Å². The summed E-state index contributed by atoms with van der Waals surface area (Å²) in [5, 5.41) is 21.5. The number of nitrogens with one attached hydrogen (secondary N) is 1. The van der Waals surface area contributed by atoms with Crippen LogP contribution in [0.1, 0.15) is 5.69 Å². The van der Waals surface area contributed by atoms with Crippen molar-refractivity contribution < 1.29 is 9.47 Å². The summed E-state index contributed by atoms with van der Waals surface area (Å²) in [6.45, 7) is 1.08. The first-order valence-electron chi connectivity index (χ1n) is 7.17. The van der Waals surface area contributed by atoms with E-state index in [0.717, 1.165) is 22.3 Å². The third kappa shape index (κ3) is 2.38. The molecule has 0 bridgehead atoms. The van der Waals surface area contributed by atoms with Crippen LogP contribution in [0.25, 0.3) is 10.9 Å². The summed E-state index contributed by atoms with van der Waals surface area (Å²) < 4.78 is 11.1. The Bertz CT molecular complexity index is 934. The zero-order valence-corrected chi connectivity index (χ0v) is 12.1. The first-order chi connectivity index (χ1) is 11.3. The van der Waals surface area contributed by atoms with Crippen LogP contribution in [-0.4, -0.2) is 23.4 Å². The van der Waals surface area contributed by atoms with Gasteiger partial charge in [0.2, 0.25) is 0 Å². The molecule has 6 nitrogen and oxygen atoms in total. The minimum absolute atomic E-state index is 0.249. The Hall–Kier alpha value is -3.33. The maximum Gasteiger partial charge on any atom is 0.187 e. The monoisotopic (exact) mass is 304 g/mol. The summed E-state index contributed by atoms with van der Waals surface area (Å²) in [5.74, 6) is 1.41. The maximum absolute atomic E-state index is 9.31. The Kier molecular flexibility index (Phi) is 3.17. The molecule has 1 aliphatic heterocycles. The molecule has 0 spiro atoms. The van der Waals surface area contributed by atoms with E-state index in [1.807, 2.05) is 42.5 Å². The molecule has 0 unspecified atom stereocenters. The van der Waals surface area contributed by atoms with E-state index in [1.54, 1.807) is 0 Å². The fourth-order valence-electron chi connectivity index (χ4n) is 2.52. The molecule has 0 saturated heterocycles. The lowest BCUT2D eigenvalue weighted by atomic mass is 10.1. The van der Waals surface area contributed by atoms with Gasteiger partial charge < -0.3 is 14.8 Å². The molecule has 112 valence electrons. The van der Waals surface area contributed by atoms with E-state index in [4.69, 9.17) is 9.47 Å². The molecule has 23 heavy (non-hydrogen) atoms. The van der Waals surface area contributed by atoms with Crippen molar-refractivity contribution in [2.24, 2.45) is 0 Å². The molecule has 1 aliphatic rings. The summed E-state index contributed by atoms with van der Waals surface area (Å²) >= 11 is 0. The normalized spacial score (nSPS) is 12.7. The molecule has 4 rings (SSSR count). The second-order valence-electron chi connectivity index (χ2n) is 5.04. The third-order valence-corrected chi connectivity index (χ3v) is 3.59. The van der Waals surface area contributed by atoms with Crippen LogP contribution in [-0.2, 0) is 0 Å². The third-order valence-electron chi connectivity index (χ3n) is 3.59. The minimum atomic E-state index is 0.249. The highest BCUT2D eigenvalue weighted by Crippen LogP contribution is 2.35. The number of nitriles is 1. The molecule has 2 heterocycles. The predicted molar refractivity (Wildman–Crippen MR) is 85.0 cm³/mol. The fourth-order valence-corrected chi connectivity index (χ4v) is 2.52. The molecule has 0 atom stereocenters. The van der Waals surface area contributed by atoms with Gasteiger partial charge >= 0.3 is 0 Å². The average Bonchev–Trinajstić information content (AvgIpc) is 2.62. The smallest absolute Gasteiger partial charge is 0.187 e. The number of benzene rings is 2. The fraction of sp³-hybridized carbons (Fsp3) is 0.118. The summed E-state index contributed by atoms with van der Waals surface area (Å²) in [7, 11) is 0. The predicted octanol–water partition coefficient (Wildman–Crippen LogP) is 3.02. The Morgan fingerprint density at radius 3 is 2.70 bits per heavy atom. The highest BCUT2D eigenvalue weighted by atomic mass is 16.6. The van der Waals surface area contributed by atoms with Gasteiger partial charge in [0.25, 0.3) is 0 Å². The number of ether oxygens (including phenoxy) is 2. The van der Waals surface area contributed by atoms with Crippen molar-refractivity contribution in [3.05, 3.63) is 48.2 Å². The number of hydrogen-bond acceptors (Lipinski definition) is 6. The lowest BCUT2D eigenvalue weighted by molar-refractivity contribution is 0.171. The van der Waals surface area contributed by atoms with Gasteiger partial charge in [0, 0.05) is 17.1 Å². The topological polar surface area (TPSA) is 80.1 Å². The van der Waals surface area contributed by atoms with Crippen molar-refractivity contribution in [1.82, 2.24) is 10.2 Å². The number of aromatic nitrogens is 2. The van der Waals surface area contributed by atoms with E-state index in [9.17, 15) is 5.26 Å². The lowest BCUT2D eigenvalue weighted by Crippen LogP contribution is -2.15. The molecular weight excluding hydrogens is 292 g/mol. The van der Waals surface area contributed by atoms with E-state index < -0.39 is 0 Å². The van der Waals surface area contributed by atoms with Gasteiger partial charge in [0.05, 0.1) is 11.2 Å². The second kappa shape index (κ2) is 5.46. The molecule has 0 radical (unpaired) electrons. The van der Waals surface area contributed by atoms with Gasteiger partial charge in [-0.15, -0.1) is 10.2 Å². The van der Waals surface area contributed by atoms with Crippen LogP contribution in [0.4, 0.5) is 11.4 Å². The lowest BCUT2D eigenvalue weighted by Gasteiger charge is -2.19. The molecule has 0 saturated carbocycles. The molecule has 0 amide bonds. The number of anilines is 2. The van der Waals surface area contributed by atoms with Crippen molar-refractivity contribution in [3.63, 3.8) is 0 Å². The highest BCUT2D eigenvalue weighted by molar-refractivity contribution is 5.94. The van der Waals surface area contributed by atoms with Gasteiger partial charge in [-0.05, 0) is 18.2 Å². The molecule has 2 aromatic carbocycles. The Morgan fingerprint density at radius 2 is 1.83 bits per heavy atom. The maximum atomic E-state index is 9.31. The largest absolute Gasteiger partial charge is 0.486 e. The Labute approximate surface area is 132 Å². The number of hydrogen-bond donors (Lipinski definition) is 1. The van der Waals surface area contributed by atoms with Gasteiger partial charge in [-0.2, -0.15) is 5.26 Å². The second-order valence-corrected chi connectivity index (χ2v) is 5.04. The summed E-state index contributed by atoms with van der Waals surface area (Å²) in [6, 6.07) is 15.2. The summed E-state index contributed by atoms with van der Waals surface area (Å²) in [5.41, 5.74) is 2.41. The van der Waals surface area contributed by atoms with E-state index >= 15 is 0 Å². The van der Waals surface area contributed by atoms with Crippen LogP contribution in [0.15, 0.2) is 42.5 Å². The molecule has 0 fully saturated rings. The van der Waals surface area contributed by atoms with Crippen molar-refractivity contribution >= 4 is 22.3 Å². The van der Waals surface area contributed by atoms with Gasteiger partial charge in [-0.3, -0.25) is 0 Å². The van der Waals surface area contributed by atoms with Crippen molar-refractivity contribution in [3.8, 4) is 17.6 Å². The molecule has 1 aromatic heterocycles. The number of fused-ring (bicyclic) bond motifs is 2. The van der Waals surface area contributed by atoms with Crippen molar-refractivity contribution in [2.45, 2.75) is 0 Å². The standard InChI is InChI=1S/C17H12N4O2/c18-10-14-17(12-3-1-2-4-13(12)20-21-14)19-11-5-6-15-16(9-11)23-8-7-22-15/h1-6,9H,7-8H2,(H,19,20). The summed E-state index contributed by atoms with van der Waals surface area (Å²) in [4.78, 5) is 0. The van der Waals surface area contributed by atoms with Crippen LogP contribution in [0.2, 0.25) is 0 Å². The molecule has 1 N–H and O–H groups in total. The Morgan fingerprint density at radius 1 is 1.00 bits per heavy atom. The van der Waals surface area contributed by atoms with E-state index in [1.165, 1.54) is 0 Å². The zero-order chi connectivity index (χ0) is 15.6. The van der Waals surface area contributed by atoms with Gasteiger partial charge in [-0.25, -0.2) is 0 Å². The van der Waals surface area contributed by atoms with Gasteiger partial charge in [0.15, 0.2) is 17.2 Å². The van der Waals surface area contributed by atoms with Crippen LogP contribution in [0, 0.1) is 11.3 Å². The first kappa shape index (κ1) is 13.3. The molecular formula is C17H12N4O2. The average molecular weight is 304 g/mol. The first-order valence-corrected chi connectivity index (χ1v) is 7.17. The summed E-state index contributed by atoms with van der Waals surface area (Å²) in [6.07, 6.45) is 0.